The fraction of sp³-hybridized carbons (Fsp3) is 0.179. The van der Waals surface area contributed by atoms with Gasteiger partial charge in [-0.1, -0.05) is 67.6 Å². The topological polar surface area (TPSA) is 79.3 Å². The lowest BCUT2D eigenvalue weighted by Crippen LogP contribution is -2.41. The van der Waals surface area contributed by atoms with E-state index in [0.29, 0.717) is 17.9 Å². The molecule has 1 aromatic heterocycles. The zero-order valence-corrected chi connectivity index (χ0v) is 20.6. The molecule has 4 rings (SSSR count). The van der Waals surface area contributed by atoms with Gasteiger partial charge in [-0.05, 0) is 30.7 Å². The number of rotatable bonds is 8. The number of nitrogens with one attached hydrogen (secondary N) is 2. The highest BCUT2D eigenvalue weighted by Gasteiger charge is 2.34. The van der Waals surface area contributed by atoms with Gasteiger partial charge in [-0.2, -0.15) is 18.3 Å². The molecule has 0 spiro atoms. The molecule has 0 aliphatic heterocycles. The van der Waals surface area contributed by atoms with Crippen molar-refractivity contribution in [2.45, 2.75) is 19.5 Å². The Labute approximate surface area is 217 Å². The summed E-state index contributed by atoms with van der Waals surface area (Å²) in [5, 5.41) is 9.75. The number of carbonyl (C=O) groups excluding carboxylic acids is 2. The van der Waals surface area contributed by atoms with E-state index in [0.717, 1.165) is 17.3 Å². The van der Waals surface area contributed by atoms with E-state index in [-0.39, 0.29) is 18.8 Å². The summed E-state index contributed by atoms with van der Waals surface area (Å²) in [6.07, 6.45) is -4.13. The highest BCUT2D eigenvalue weighted by atomic mass is 19.4. The first-order chi connectivity index (χ1) is 18.3. The fourth-order valence-electron chi connectivity index (χ4n) is 3.90. The van der Waals surface area contributed by atoms with Crippen molar-refractivity contribution < 1.29 is 22.8 Å². The van der Waals surface area contributed by atoms with Crippen LogP contribution in [0, 0.1) is 0 Å². The van der Waals surface area contributed by atoms with Crippen molar-refractivity contribution in [3.05, 3.63) is 96.6 Å². The van der Waals surface area contributed by atoms with E-state index in [4.69, 9.17) is 0 Å². The lowest BCUT2D eigenvalue weighted by molar-refractivity contribution is -0.137. The van der Waals surface area contributed by atoms with Crippen molar-refractivity contribution in [1.82, 2.24) is 14.7 Å². The molecular weight excluding hydrogens is 495 g/mol. The van der Waals surface area contributed by atoms with Gasteiger partial charge in [0.1, 0.15) is 12.4 Å². The average molecular weight is 522 g/mol. The Morgan fingerprint density at radius 1 is 0.895 bits per heavy atom. The Bertz CT molecular complexity index is 1390. The molecule has 196 valence electrons. The average Bonchev–Trinajstić information content (AvgIpc) is 3.32. The Kier molecular flexibility index (Phi) is 8.10. The van der Waals surface area contributed by atoms with E-state index in [1.54, 1.807) is 17.7 Å². The monoisotopic (exact) mass is 521 g/mol. The molecule has 0 aliphatic rings. The molecule has 4 aromatic rings. The van der Waals surface area contributed by atoms with Gasteiger partial charge in [0.2, 0.25) is 5.91 Å². The van der Waals surface area contributed by atoms with Gasteiger partial charge < -0.3 is 15.5 Å². The van der Waals surface area contributed by atoms with Crippen molar-refractivity contribution in [1.29, 1.82) is 0 Å². The van der Waals surface area contributed by atoms with Gasteiger partial charge in [0.05, 0.1) is 22.6 Å². The molecule has 1 heterocycles. The van der Waals surface area contributed by atoms with Gasteiger partial charge in [0.15, 0.2) is 0 Å². The largest absolute Gasteiger partial charge is 0.418 e. The van der Waals surface area contributed by atoms with Gasteiger partial charge in [-0.15, -0.1) is 0 Å². The third kappa shape index (κ3) is 6.39. The number of hydrogen-bond acceptors (Lipinski definition) is 3. The normalized spacial score (nSPS) is 11.2. The number of aromatic nitrogens is 2. The Morgan fingerprint density at radius 3 is 2.18 bits per heavy atom. The maximum Gasteiger partial charge on any atom is 0.418 e. The van der Waals surface area contributed by atoms with Crippen molar-refractivity contribution in [2.24, 2.45) is 0 Å². The van der Waals surface area contributed by atoms with Crippen LogP contribution in [-0.2, 0) is 11.0 Å². The molecule has 7 nitrogen and oxygen atoms in total. The molecule has 38 heavy (non-hydrogen) atoms. The number of urea groups is 1. The second kappa shape index (κ2) is 11.6. The molecule has 3 aromatic carbocycles. The Hall–Kier alpha value is -4.60. The second-order valence-corrected chi connectivity index (χ2v) is 8.47. The number of para-hydroxylation sites is 2. The van der Waals surface area contributed by atoms with Gasteiger partial charge in [0.25, 0.3) is 0 Å². The number of benzene rings is 3. The minimum Gasteiger partial charge on any atom is -0.315 e. The number of anilines is 2. The SMILES string of the molecule is CCCN(CC(=O)Nc1cc(-c2ccccc2)nn1-c1ccccc1)C(=O)Nc1ccccc1C(F)(F)F. The highest BCUT2D eigenvalue weighted by Crippen LogP contribution is 2.34. The van der Waals surface area contributed by atoms with E-state index in [1.807, 2.05) is 60.7 Å². The van der Waals surface area contributed by atoms with E-state index in [1.165, 1.54) is 23.1 Å². The summed E-state index contributed by atoms with van der Waals surface area (Å²) < 4.78 is 41.7. The van der Waals surface area contributed by atoms with Crippen LogP contribution in [0.4, 0.5) is 29.5 Å². The minimum absolute atomic E-state index is 0.167. The first-order valence-corrected chi connectivity index (χ1v) is 12.0. The molecule has 0 atom stereocenters. The summed E-state index contributed by atoms with van der Waals surface area (Å²) in [5.41, 5.74) is 0.872. The van der Waals surface area contributed by atoms with Crippen molar-refractivity contribution >= 4 is 23.4 Å². The van der Waals surface area contributed by atoms with Crippen LogP contribution < -0.4 is 10.6 Å². The Balaban J connectivity index is 1.54. The summed E-state index contributed by atoms with van der Waals surface area (Å²) >= 11 is 0. The van der Waals surface area contributed by atoms with Gasteiger partial charge in [-0.3, -0.25) is 4.79 Å². The van der Waals surface area contributed by atoms with E-state index < -0.39 is 23.7 Å². The first kappa shape index (κ1) is 26.5. The van der Waals surface area contributed by atoms with Crippen LogP contribution in [0.3, 0.4) is 0 Å². The molecule has 0 saturated carbocycles. The van der Waals surface area contributed by atoms with Crippen LogP contribution in [0.15, 0.2) is 91.0 Å². The first-order valence-electron chi connectivity index (χ1n) is 12.0. The van der Waals surface area contributed by atoms with Gasteiger partial charge in [0, 0.05) is 18.2 Å². The predicted octanol–water partition coefficient (Wildman–Crippen LogP) is 6.44. The third-order valence-corrected chi connectivity index (χ3v) is 5.64. The lowest BCUT2D eigenvalue weighted by atomic mass is 10.1. The van der Waals surface area contributed by atoms with Crippen LogP contribution in [0.5, 0.6) is 0 Å². The van der Waals surface area contributed by atoms with Crippen molar-refractivity contribution in [2.75, 3.05) is 23.7 Å². The second-order valence-electron chi connectivity index (χ2n) is 8.47. The Morgan fingerprint density at radius 2 is 1.53 bits per heavy atom. The minimum atomic E-state index is -4.64. The number of nitrogens with zero attached hydrogens (tertiary/aromatic N) is 3. The number of hydrogen-bond donors (Lipinski definition) is 2. The lowest BCUT2D eigenvalue weighted by Gasteiger charge is -2.23. The van der Waals surface area contributed by atoms with Crippen LogP contribution >= 0.6 is 0 Å². The summed E-state index contributed by atoms with van der Waals surface area (Å²) in [6, 6.07) is 24.3. The molecule has 2 N–H and O–H groups in total. The summed E-state index contributed by atoms with van der Waals surface area (Å²) in [7, 11) is 0. The number of carbonyl (C=O) groups is 2. The van der Waals surface area contributed by atoms with Gasteiger partial charge >= 0.3 is 12.2 Å². The fourth-order valence-corrected chi connectivity index (χ4v) is 3.90. The number of alkyl halides is 3. The molecule has 0 saturated heterocycles. The summed E-state index contributed by atoms with van der Waals surface area (Å²) in [4.78, 5) is 27.1. The molecule has 10 heteroatoms. The maximum absolute atomic E-state index is 13.4. The predicted molar refractivity (Wildman–Crippen MR) is 140 cm³/mol. The number of amides is 3. The van der Waals surface area contributed by atoms with Crippen LogP contribution in [0.2, 0.25) is 0 Å². The van der Waals surface area contributed by atoms with Gasteiger partial charge in [-0.25, -0.2) is 9.48 Å². The zero-order chi connectivity index (χ0) is 27.1. The van der Waals surface area contributed by atoms with Crippen LogP contribution in [-0.4, -0.2) is 39.7 Å². The van der Waals surface area contributed by atoms with Crippen molar-refractivity contribution in [3.8, 4) is 16.9 Å². The molecular formula is C28H26F3N5O2. The van der Waals surface area contributed by atoms with Crippen LogP contribution in [0.25, 0.3) is 16.9 Å². The van der Waals surface area contributed by atoms with E-state index in [9.17, 15) is 22.8 Å². The zero-order valence-electron chi connectivity index (χ0n) is 20.6. The molecule has 0 aliphatic carbocycles. The molecule has 0 unspecified atom stereocenters. The van der Waals surface area contributed by atoms with Crippen LogP contribution in [0.1, 0.15) is 18.9 Å². The van der Waals surface area contributed by atoms with E-state index in [2.05, 4.69) is 15.7 Å². The molecule has 3 amide bonds. The third-order valence-electron chi connectivity index (χ3n) is 5.64. The maximum atomic E-state index is 13.4. The van der Waals surface area contributed by atoms with Crippen molar-refractivity contribution in [3.63, 3.8) is 0 Å². The summed E-state index contributed by atoms with van der Waals surface area (Å²) in [5.74, 6) is -0.131. The molecule has 0 radical (unpaired) electrons. The molecule has 0 fully saturated rings. The quantitative estimate of drug-likeness (QED) is 0.280. The summed E-state index contributed by atoms with van der Waals surface area (Å²) in [6.45, 7) is 1.60. The standard InChI is InChI=1S/C28H26F3N5O2/c1-2-17-35(27(38)32-23-16-10-9-15-22(23)28(29,30)31)19-26(37)33-25-18-24(20-11-5-3-6-12-20)34-36(25)21-13-7-4-8-14-21/h3-16,18H,2,17,19H2,1H3,(H,32,38)(H,33,37). The highest BCUT2D eigenvalue weighted by molar-refractivity contribution is 5.97. The number of halogens is 3. The smallest absolute Gasteiger partial charge is 0.315 e. The van der Waals surface area contributed by atoms with E-state index >= 15 is 0 Å². The molecule has 0 bridgehead atoms.